The van der Waals surface area contributed by atoms with Crippen LogP contribution in [0.15, 0.2) is 4.99 Å². The highest BCUT2D eigenvalue weighted by atomic mass is 127. The highest BCUT2D eigenvalue weighted by molar-refractivity contribution is 14.0. The van der Waals surface area contributed by atoms with Crippen LogP contribution >= 0.6 is 24.0 Å². The molecule has 1 saturated heterocycles. The predicted molar refractivity (Wildman–Crippen MR) is 123 cm³/mol. The van der Waals surface area contributed by atoms with E-state index in [0.717, 1.165) is 63.2 Å². The van der Waals surface area contributed by atoms with Gasteiger partial charge in [0.05, 0.1) is 0 Å². The zero-order valence-electron chi connectivity index (χ0n) is 17.2. The van der Waals surface area contributed by atoms with Gasteiger partial charge in [0.15, 0.2) is 5.96 Å². The lowest BCUT2D eigenvalue weighted by molar-refractivity contribution is -0.134. The van der Waals surface area contributed by atoms with E-state index in [4.69, 9.17) is 4.99 Å². The Kier molecular flexibility index (Phi) is 9.66. The Morgan fingerprint density at radius 2 is 1.89 bits per heavy atom. The largest absolute Gasteiger partial charge is 0.357 e. The average Bonchev–Trinajstić information content (AvgIpc) is 3.31. The Bertz CT molecular complexity index is 493. The summed E-state index contributed by atoms with van der Waals surface area (Å²) in [6.45, 7) is 8.02. The number of aliphatic imine (C=N–C) groups is 1. The van der Waals surface area contributed by atoms with Gasteiger partial charge in [-0.2, -0.15) is 0 Å². The minimum Gasteiger partial charge on any atom is -0.357 e. The smallest absolute Gasteiger partial charge is 0.225 e. The first-order valence-electron chi connectivity index (χ1n) is 11.0. The van der Waals surface area contributed by atoms with Gasteiger partial charge in [0.25, 0.3) is 0 Å². The van der Waals surface area contributed by atoms with Crippen LogP contribution in [0, 0.1) is 17.8 Å². The summed E-state index contributed by atoms with van der Waals surface area (Å²) < 4.78 is 0. The molecule has 6 heteroatoms. The summed E-state index contributed by atoms with van der Waals surface area (Å²) in [5.41, 5.74) is 0. The van der Waals surface area contributed by atoms with E-state index in [2.05, 4.69) is 29.4 Å². The van der Waals surface area contributed by atoms with E-state index in [-0.39, 0.29) is 24.0 Å². The molecule has 1 amide bonds. The van der Waals surface area contributed by atoms with Crippen molar-refractivity contribution < 1.29 is 4.79 Å². The van der Waals surface area contributed by atoms with Crippen molar-refractivity contribution in [1.29, 1.82) is 0 Å². The fourth-order valence-electron chi connectivity index (χ4n) is 4.97. The van der Waals surface area contributed by atoms with Gasteiger partial charge in [-0.3, -0.25) is 9.79 Å². The lowest BCUT2D eigenvalue weighted by atomic mass is 9.82. The molecule has 0 aromatic carbocycles. The second kappa shape index (κ2) is 11.5. The van der Waals surface area contributed by atoms with Crippen molar-refractivity contribution in [1.82, 2.24) is 15.5 Å². The predicted octanol–water partition coefficient (Wildman–Crippen LogP) is 3.78. The maximum atomic E-state index is 12.6. The van der Waals surface area contributed by atoms with E-state index in [1.165, 1.54) is 38.5 Å². The van der Waals surface area contributed by atoms with Crippen molar-refractivity contribution in [2.24, 2.45) is 22.7 Å². The summed E-state index contributed by atoms with van der Waals surface area (Å²) in [6, 6.07) is 0.337. The van der Waals surface area contributed by atoms with Crippen LogP contribution in [0.25, 0.3) is 0 Å². The molecule has 5 nitrogen and oxygen atoms in total. The highest BCUT2D eigenvalue weighted by Gasteiger charge is 2.32. The van der Waals surface area contributed by atoms with Crippen LogP contribution in [-0.2, 0) is 4.79 Å². The fourth-order valence-corrected chi connectivity index (χ4v) is 4.97. The van der Waals surface area contributed by atoms with Crippen LogP contribution in [0.3, 0.4) is 0 Å². The fraction of sp³-hybridized carbons (Fsp3) is 0.905. The van der Waals surface area contributed by atoms with E-state index in [0.29, 0.717) is 17.9 Å². The number of halogens is 1. The zero-order valence-corrected chi connectivity index (χ0v) is 19.5. The molecule has 0 radical (unpaired) electrons. The minimum atomic E-state index is 0. The summed E-state index contributed by atoms with van der Waals surface area (Å²) in [4.78, 5) is 19.6. The van der Waals surface area contributed by atoms with Crippen molar-refractivity contribution in [2.45, 2.75) is 77.7 Å². The normalized spacial score (nSPS) is 29.5. The Morgan fingerprint density at radius 1 is 1.11 bits per heavy atom. The van der Waals surface area contributed by atoms with Crippen molar-refractivity contribution in [3.8, 4) is 0 Å². The molecule has 3 unspecified atom stereocenters. The van der Waals surface area contributed by atoms with Gasteiger partial charge < -0.3 is 15.5 Å². The van der Waals surface area contributed by atoms with Gasteiger partial charge in [0.1, 0.15) is 0 Å². The lowest BCUT2D eigenvalue weighted by Crippen LogP contribution is -2.45. The zero-order chi connectivity index (χ0) is 18.4. The molecule has 0 spiro atoms. The number of hydrogen-bond acceptors (Lipinski definition) is 2. The molecule has 3 rings (SSSR count). The summed E-state index contributed by atoms with van der Waals surface area (Å²) >= 11 is 0. The number of carbonyl (C=O) groups is 1. The van der Waals surface area contributed by atoms with E-state index < -0.39 is 0 Å². The molecule has 0 bridgehead atoms. The van der Waals surface area contributed by atoms with Crippen LogP contribution in [0.4, 0.5) is 0 Å². The van der Waals surface area contributed by atoms with Gasteiger partial charge in [0.2, 0.25) is 5.91 Å². The topological polar surface area (TPSA) is 56.7 Å². The molecule has 3 fully saturated rings. The van der Waals surface area contributed by atoms with Crippen LogP contribution in [0.5, 0.6) is 0 Å². The minimum absolute atomic E-state index is 0. The molecule has 156 valence electrons. The summed E-state index contributed by atoms with van der Waals surface area (Å²) in [5, 5.41) is 6.98. The van der Waals surface area contributed by atoms with Crippen LogP contribution in [-0.4, -0.2) is 49.0 Å². The molecule has 3 aliphatic rings. The van der Waals surface area contributed by atoms with Crippen LogP contribution < -0.4 is 10.6 Å². The summed E-state index contributed by atoms with van der Waals surface area (Å²) in [7, 11) is 0. The van der Waals surface area contributed by atoms with Crippen molar-refractivity contribution in [3.05, 3.63) is 0 Å². The summed E-state index contributed by atoms with van der Waals surface area (Å²) in [5.74, 6) is 3.21. The molecule has 2 saturated carbocycles. The number of nitrogens with zero attached hydrogens (tertiary/aromatic N) is 2. The van der Waals surface area contributed by atoms with Gasteiger partial charge in [-0.15, -0.1) is 24.0 Å². The van der Waals surface area contributed by atoms with E-state index in [1.54, 1.807) is 0 Å². The highest BCUT2D eigenvalue weighted by Crippen LogP contribution is 2.29. The van der Waals surface area contributed by atoms with Crippen molar-refractivity contribution in [3.63, 3.8) is 0 Å². The number of rotatable bonds is 5. The van der Waals surface area contributed by atoms with Crippen LogP contribution in [0.2, 0.25) is 0 Å². The molecule has 2 aliphatic carbocycles. The number of likely N-dealkylation sites (tertiary alicyclic amines) is 1. The Morgan fingerprint density at radius 3 is 2.59 bits per heavy atom. The number of carbonyl (C=O) groups excluding carboxylic acids is 1. The molecular formula is C21H39IN4O. The first kappa shape index (κ1) is 22.8. The molecule has 1 aliphatic heterocycles. The van der Waals surface area contributed by atoms with Gasteiger partial charge in [-0.1, -0.05) is 32.6 Å². The second-order valence-electron chi connectivity index (χ2n) is 8.75. The third-order valence-electron chi connectivity index (χ3n) is 6.44. The van der Waals surface area contributed by atoms with Gasteiger partial charge in [-0.05, 0) is 50.9 Å². The molecule has 1 heterocycles. The summed E-state index contributed by atoms with van der Waals surface area (Å²) in [6.07, 6.45) is 11.0. The average molecular weight is 490 g/mol. The molecule has 2 N–H and O–H groups in total. The molecule has 3 atom stereocenters. The van der Waals surface area contributed by atoms with E-state index >= 15 is 0 Å². The van der Waals surface area contributed by atoms with E-state index in [9.17, 15) is 4.79 Å². The lowest BCUT2D eigenvalue weighted by Gasteiger charge is -2.26. The molecule has 0 aromatic rings. The van der Waals surface area contributed by atoms with Gasteiger partial charge in [-0.25, -0.2) is 0 Å². The maximum Gasteiger partial charge on any atom is 0.225 e. The second-order valence-corrected chi connectivity index (χ2v) is 8.75. The van der Waals surface area contributed by atoms with Crippen molar-refractivity contribution >= 4 is 35.8 Å². The monoisotopic (exact) mass is 490 g/mol. The number of nitrogens with one attached hydrogen (secondary N) is 2. The SMILES string of the molecule is CCNC(=NCC1CCCC(C)C1)NC1CCN(C(=O)C2CCCC2)C1.I. The number of hydrogen-bond donors (Lipinski definition) is 2. The van der Waals surface area contributed by atoms with Gasteiger partial charge >= 0.3 is 0 Å². The first-order chi connectivity index (χ1) is 12.7. The third kappa shape index (κ3) is 6.79. The standard InChI is InChI=1S/C21H38N4O.HI/c1-3-22-21(23-14-17-8-6-7-16(2)13-17)24-19-11-12-25(15-19)20(26)18-9-4-5-10-18;/h16-19H,3-15H2,1-2H3,(H2,22,23,24);1H. The maximum absolute atomic E-state index is 12.6. The first-order valence-corrected chi connectivity index (χ1v) is 11.0. The number of amides is 1. The molecule has 27 heavy (non-hydrogen) atoms. The third-order valence-corrected chi connectivity index (χ3v) is 6.44. The van der Waals surface area contributed by atoms with Gasteiger partial charge in [0, 0.05) is 38.1 Å². The van der Waals surface area contributed by atoms with Crippen molar-refractivity contribution in [2.75, 3.05) is 26.2 Å². The van der Waals surface area contributed by atoms with Crippen LogP contribution in [0.1, 0.15) is 71.6 Å². The Labute approximate surface area is 182 Å². The molecule has 0 aromatic heterocycles. The quantitative estimate of drug-likeness (QED) is 0.351. The van der Waals surface area contributed by atoms with E-state index in [1.807, 2.05) is 0 Å². The Hall–Kier alpha value is -0.530. The number of guanidine groups is 1. The Balaban J connectivity index is 0.00000261. The molecular weight excluding hydrogens is 451 g/mol.